The second-order valence-corrected chi connectivity index (χ2v) is 5.37. The Morgan fingerprint density at radius 2 is 1.95 bits per heavy atom. The molecule has 6 nitrogen and oxygen atoms in total. The van der Waals surface area contributed by atoms with Crippen LogP contribution >= 0.6 is 0 Å². The first kappa shape index (κ1) is 16.0. The van der Waals surface area contributed by atoms with Gasteiger partial charge < -0.3 is 10.1 Å². The van der Waals surface area contributed by atoms with Gasteiger partial charge in [0.15, 0.2) is 6.10 Å². The average Bonchev–Trinajstić information content (AvgIpc) is 2.93. The number of esters is 1. The van der Waals surface area contributed by atoms with E-state index < -0.39 is 24.0 Å². The number of carbonyl (C=O) groups is 3. The lowest BCUT2D eigenvalue weighted by molar-refractivity contribution is -0.157. The predicted octanol–water partition coefficient (Wildman–Crippen LogP) is 1.66. The number of hydrogen-bond acceptors (Lipinski definition) is 4. The fraction of sp³-hybridized carbons (Fsp3) is 0.438. The largest absolute Gasteiger partial charge is 0.453 e. The molecule has 0 spiro atoms. The van der Waals surface area contributed by atoms with Crippen molar-refractivity contribution >= 4 is 17.9 Å². The number of rotatable bonds is 5. The Labute approximate surface area is 129 Å². The predicted molar refractivity (Wildman–Crippen MR) is 80.1 cm³/mol. The smallest absolute Gasteiger partial charge is 0.324 e. The van der Waals surface area contributed by atoms with Crippen molar-refractivity contribution < 1.29 is 19.1 Å². The minimum Gasteiger partial charge on any atom is -0.453 e. The molecule has 1 aliphatic heterocycles. The summed E-state index contributed by atoms with van der Waals surface area (Å²) in [4.78, 5) is 36.5. The Morgan fingerprint density at radius 1 is 1.27 bits per heavy atom. The van der Waals surface area contributed by atoms with Gasteiger partial charge in [0.2, 0.25) is 0 Å². The van der Waals surface area contributed by atoms with E-state index >= 15 is 0 Å². The van der Waals surface area contributed by atoms with Gasteiger partial charge in [-0.15, -0.1) is 0 Å². The number of hydrogen-bond donors (Lipinski definition) is 1. The van der Waals surface area contributed by atoms with Gasteiger partial charge in [0.25, 0.3) is 5.91 Å². The molecule has 1 heterocycles. The maximum atomic E-state index is 12.0. The van der Waals surface area contributed by atoms with Crippen molar-refractivity contribution in [3.8, 4) is 0 Å². The van der Waals surface area contributed by atoms with Crippen molar-refractivity contribution in [3.05, 3.63) is 35.9 Å². The number of ether oxygens (including phenoxy) is 1. The Balaban J connectivity index is 1.86. The molecular formula is C16H20N2O4. The third-order valence-corrected chi connectivity index (χ3v) is 3.62. The minimum absolute atomic E-state index is 0.00564. The van der Waals surface area contributed by atoms with E-state index in [9.17, 15) is 14.4 Å². The second-order valence-electron chi connectivity index (χ2n) is 5.37. The van der Waals surface area contributed by atoms with Crippen LogP contribution in [-0.2, 0) is 14.3 Å². The summed E-state index contributed by atoms with van der Waals surface area (Å²) < 4.78 is 5.15. The highest BCUT2D eigenvalue weighted by Crippen LogP contribution is 2.19. The van der Waals surface area contributed by atoms with E-state index in [4.69, 9.17) is 4.74 Å². The number of benzene rings is 1. The standard InChI is InChI=1S/C16H20N2O4/c1-11(13-6-4-3-5-7-13)10-14(19)22-12(2)15(20)18-9-8-17-16(18)21/h3-7,11-12H,8-10H2,1-2H3,(H,17,21)/t11-,12+/m1/s1. The van der Waals surface area contributed by atoms with Crippen LogP contribution in [0.25, 0.3) is 0 Å². The molecule has 0 radical (unpaired) electrons. The third kappa shape index (κ3) is 3.84. The van der Waals surface area contributed by atoms with Gasteiger partial charge in [-0.25, -0.2) is 4.79 Å². The van der Waals surface area contributed by atoms with Gasteiger partial charge in [0, 0.05) is 13.1 Å². The zero-order chi connectivity index (χ0) is 16.1. The SMILES string of the molecule is C[C@H](OC(=O)C[C@@H](C)c1ccccc1)C(=O)N1CCNC1=O. The van der Waals surface area contributed by atoms with Crippen LogP contribution in [0.1, 0.15) is 31.7 Å². The zero-order valence-electron chi connectivity index (χ0n) is 12.7. The zero-order valence-corrected chi connectivity index (χ0v) is 12.7. The molecule has 1 N–H and O–H groups in total. The number of nitrogens with zero attached hydrogens (tertiary/aromatic N) is 1. The molecule has 1 aromatic rings. The van der Waals surface area contributed by atoms with Gasteiger partial charge in [-0.1, -0.05) is 37.3 Å². The molecule has 0 bridgehead atoms. The molecule has 1 aliphatic rings. The van der Waals surface area contributed by atoms with Crippen LogP contribution in [0, 0.1) is 0 Å². The van der Waals surface area contributed by atoms with Crippen LogP contribution in [0.4, 0.5) is 4.79 Å². The lowest BCUT2D eigenvalue weighted by atomic mass is 9.98. The molecule has 6 heteroatoms. The molecule has 0 aliphatic carbocycles. The molecule has 0 saturated carbocycles. The van der Waals surface area contributed by atoms with E-state index in [-0.39, 0.29) is 12.3 Å². The lowest BCUT2D eigenvalue weighted by Gasteiger charge is -2.19. The molecule has 2 rings (SSSR count). The first-order valence-electron chi connectivity index (χ1n) is 7.32. The van der Waals surface area contributed by atoms with Crippen LogP contribution < -0.4 is 5.32 Å². The van der Waals surface area contributed by atoms with Crippen molar-refractivity contribution in [1.29, 1.82) is 0 Å². The normalized spacial score (nSPS) is 16.8. The van der Waals surface area contributed by atoms with E-state index in [1.54, 1.807) is 0 Å². The van der Waals surface area contributed by atoms with Gasteiger partial charge in [-0.05, 0) is 18.4 Å². The quantitative estimate of drug-likeness (QED) is 0.840. The summed E-state index contributed by atoms with van der Waals surface area (Å²) >= 11 is 0. The summed E-state index contributed by atoms with van der Waals surface area (Å²) in [7, 11) is 0. The summed E-state index contributed by atoms with van der Waals surface area (Å²) in [5, 5.41) is 2.54. The van der Waals surface area contributed by atoms with E-state index in [2.05, 4.69) is 5.32 Å². The Hall–Kier alpha value is -2.37. The van der Waals surface area contributed by atoms with Crippen molar-refractivity contribution in [3.63, 3.8) is 0 Å². The van der Waals surface area contributed by atoms with Gasteiger partial charge in [0.05, 0.1) is 6.42 Å². The lowest BCUT2D eigenvalue weighted by Crippen LogP contribution is -2.41. The highest BCUT2D eigenvalue weighted by molar-refractivity contribution is 5.98. The molecule has 118 valence electrons. The van der Waals surface area contributed by atoms with Crippen molar-refractivity contribution in [2.45, 2.75) is 32.3 Å². The molecule has 22 heavy (non-hydrogen) atoms. The monoisotopic (exact) mass is 304 g/mol. The number of nitrogens with one attached hydrogen (secondary N) is 1. The van der Waals surface area contributed by atoms with Gasteiger partial charge in [-0.2, -0.15) is 0 Å². The fourth-order valence-corrected chi connectivity index (χ4v) is 2.35. The van der Waals surface area contributed by atoms with Crippen LogP contribution in [0.3, 0.4) is 0 Å². The molecule has 0 aromatic heterocycles. The van der Waals surface area contributed by atoms with Crippen LogP contribution in [0.15, 0.2) is 30.3 Å². The van der Waals surface area contributed by atoms with E-state index in [0.717, 1.165) is 10.5 Å². The van der Waals surface area contributed by atoms with Gasteiger partial charge in [-0.3, -0.25) is 14.5 Å². The number of carbonyl (C=O) groups excluding carboxylic acids is 3. The highest BCUT2D eigenvalue weighted by atomic mass is 16.5. The Kier molecular flexibility index (Phi) is 5.14. The first-order chi connectivity index (χ1) is 10.5. The molecule has 0 unspecified atom stereocenters. The summed E-state index contributed by atoms with van der Waals surface area (Å²) in [5.74, 6) is -0.932. The van der Waals surface area contributed by atoms with E-state index in [0.29, 0.717) is 13.1 Å². The highest BCUT2D eigenvalue weighted by Gasteiger charge is 2.31. The molecule has 1 fully saturated rings. The molecular weight excluding hydrogens is 284 g/mol. The third-order valence-electron chi connectivity index (χ3n) is 3.62. The molecule has 3 amide bonds. The Morgan fingerprint density at radius 3 is 2.55 bits per heavy atom. The first-order valence-corrected chi connectivity index (χ1v) is 7.32. The van der Waals surface area contributed by atoms with Crippen molar-refractivity contribution in [2.75, 3.05) is 13.1 Å². The van der Waals surface area contributed by atoms with Crippen LogP contribution in [0.5, 0.6) is 0 Å². The van der Waals surface area contributed by atoms with Crippen LogP contribution in [-0.4, -0.2) is 42.0 Å². The maximum Gasteiger partial charge on any atom is 0.324 e. The summed E-state index contributed by atoms with van der Waals surface area (Å²) in [6.45, 7) is 4.15. The van der Waals surface area contributed by atoms with Crippen LogP contribution in [0.2, 0.25) is 0 Å². The molecule has 2 atom stereocenters. The van der Waals surface area contributed by atoms with Crippen molar-refractivity contribution in [1.82, 2.24) is 10.2 Å². The summed E-state index contributed by atoms with van der Waals surface area (Å²) in [6.07, 6.45) is -0.771. The Bertz CT molecular complexity index is 559. The summed E-state index contributed by atoms with van der Waals surface area (Å²) in [5.41, 5.74) is 1.04. The average molecular weight is 304 g/mol. The number of amides is 3. The van der Waals surface area contributed by atoms with Crippen molar-refractivity contribution in [2.24, 2.45) is 0 Å². The number of imide groups is 1. The summed E-state index contributed by atoms with van der Waals surface area (Å²) in [6, 6.07) is 9.19. The van der Waals surface area contributed by atoms with E-state index in [1.165, 1.54) is 6.92 Å². The minimum atomic E-state index is -0.959. The molecule has 1 aromatic carbocycles. The van der Waals surface area contributed by atoms with E-state index in [1.807, 2.05) is 37.3 Å². The maximum absolute atomic E-state index is 12.0. The fourth-order valence-electron chi connectivity index (χ4n) is 2.35. The van der Waals surface area contributed by atoms with Gasteiger partial charge >= 0.3 is 12.0 Å². The second kappa shape index (κ2) is 7.06. The number of urea groups is 1. The topological polar surface area (TPSA) is 75.7 Å². The molecule has 1 saturated heterocycles. The van der Waals surface area contributed by atoms with Gasteiger partial charge in [0.1, 0.15) is 0 Å².